The monoisotopic (exact) mass is 282 g/mol. The molecule has 1 aromatic carbocycles. The van der Waals surface area contributed by atoms with Crippen LogP contribution in [0.1, 0.15) is 26.7 Å². The van der Waals surface area contributed by atoms with E-state index in [1.54, 1.807) is 0 Å². The minimum Gasteiger partial charge on any atom is -0.475 e. The molecule has 0 spiro atoms. The van der Waals surface area contributed by atoms with Crippen molar-refractivity contribution in [1.82, 2.24) is 0 Å². The van der Waals surface area contributed by atoms with Crippen LogP contribution in [-0.4, -0.2) is 23.5 Å². The van der Waals surface area contributed by atoms with Gasteiger partial charge in [0.05, 0.1) is 0 Å². The first-order valence-electron chi connectivity index (χ1n) is 5.40. The summed E-state index contributed by atoms with van der Waals surface area (Å²) in [6.45, 7) is -3.00. The zero-order valence-electron chi connectivity index (χ0n) is 9.88. The predicted octanol–water partition coefficient (Wildman–Crippen LogP) is 2.81. The Labute approximate surface area is 111 Å². The zero-order chi connectivity index (χ0) is 14.7. The number of carbonyl (C=O) groups is 2. The number of furan rings is 1. The van der Waals surface area contributed by atoms with E-state index < -0.39 is 18.4 Å². The Morgan fingerprint density at radius 3 is 2.45 bits per heavy atom. The van der Waals surface area contributed by atoms with Gasteiger partial charge in [-0.3, -0.25) is 4.79 Å². The van der Waals surface area contributed by atoms with Crippen LogP contribution in [0.25, 0.3) is 0 Å². The first-order chi connectivity index (χ1) is 9.47. The summed E-state index contributed by atoms with van der Waals surface area (Å²) in [5.74, 6) is -2.68. The topological polar surface area (TPSA) is 76.7 Å². The largest absolute Gasteiger partial charge is 0.475 e. The number of benzene rings is 1. The number of rotatable bonds is 5. The van der Waals surface area contributed by atoms with Crippen molar-refractivity contribution in [3.63, 3.8) is 0 Å². The molecule has 0 saturated heterocycles. The van der Waals surface area contributed by atoms with Crippen LogP contribution < -0.4 is 4.74 Å². The van der Waals surface area contributed by atoms with Crippen LogP contribution in [0.3, 0.4) is 0 Å². The Morgan fingerprint density at radius 2 is 1.85 bits per heavy atom. The van der Waals surface area contributed by atoms with E-state index in [2.05, 4.69) is 4.74 Å². The molecule has 0 aliphatic heterocycles. The summed E-state index contributed by atoms with van der Waals surface area (Å²) in [5.41, 5.74) is 0.0504. The van der Waals surface area contributed by atoms with Crippen molar-refractivity contribution < 1.29 is 32.6 Å². The molecular formula is C13H8F2O5. The molecule has 2 rings (SSSR count). The standard InChI is InChI=1S/C13H8F2O5/c14-13(15)19-8-3-1-2-7(6-8)11(16)9-4-5-10(20-9)12(17)18/h1-6,13H,(H,17,18). The molecule has 1 N–H and O–H groups in total. The number of alkyl halides is 2. The molecule has 0 amide bonds. The summed E-state index contributed by atoms with van der Waals surface area (Å²) in [4.78, 5) is 22.6. The van der Waals surface area contributed by atoms with E-state index in [0.29, 0.717) is 0 Å². The third-order valence-corrected chi connectivity index (χ3v) is 2.36. The van der Waals surface area contributed by atoms with Gasteiger partial charge in [-0.25, -0.2) is 4.79 Å². The summed E-state index contributed by atoms with van der Waals surface area (Å²) >= 11 is 0. The van der Waals surface area contributed by atoms with E-state index >= 15 is 0 Å². The maximum atomic E-state index is 12.1. The number of ether oxygens (including phenoxy) is 1. The first kappa shape index (κ1) is 13.7. The summed E-state index contributed by atoms with van der Waals surface area (Å²) in [7, 11) is 0. The van der Waals surface area contributed by atoms with Gasteiger partial charge in [0.2, 0.25) is 11.5 Å². The van der Waals surface area contributed by atoms with E-state index in [1.165, 1.54) is 24.3 Å². The van der Waals surface area contributed by atoms with Crippen molar-refractivity contribution in [2.45, 2.75) is 6.61 Å². The van der Waals surface area contributed by atoms with Gasteiger partial charge in [0, 0.05) is 5.56 Å². The average molecular weight is 282 g/mol. The Morgan fingerprint density at radius 1 is 1.15 bits per heavy atom. The van der Waals surface area contributed by atoms with Crippen molar-refractivity contribution in [1.29, 1.82) is 0 Å². The van der Waals surface area contributed by atoms with Gasteiger partial charge in [-0.1, -0.05) is 12.1 Å². The van der Waals surface area contributed by atoms with Gasteiger partial charge in [-0.15, -0.1) is 0 Å². The lowest BCUT2D eigenvalue weighted by Crippen LogP contribution is -2.04. The van der Waals surface area contributed by atoms with Crippen LogP contribution in [-0.2, 0) is 0 Å². The highest BCUT2D eigenvalue weighted by atomic mass is 19.3. The van der Waals surface area contributed by atoms with Gasteiger partial charge >= 0.3 is 12.6 Å². The van der Waals surface area contributed by atoms with Crippen LogP contribution in [0.5, 0.6) is 5.75 Å². The van der Waals surface area contributed by atoms with E-state index in [-0.39, 0.29) is 22.8 Å². The van der Waals surface area contributed by atoms with Crippen LogP contribution in [0.2, 0.25) is 0 Å². The number of carbonyl (C=O) groups excluding carboxylic acids is 1. The van der Waals surface area contributed by atoms with Crippen LogP contribution in [0, 0.1) is 0 Å². The lowest BCUT2D eigenvalue weighted by molar-refractivity contribution is -0.0498. The van der Waals surface area contributed by atoms with E-state index in [1.807, 2.05) is 0 Å². The normalized spacial score (nSPS) is 10.6. The third kappa shape index (κ3) is 3.00. The molecule has 2 aromatic rings. The van der Waals surface area contributed by atoms with Crippen LogP contribution in [0.15, 0.2) is 40.8 Å². The number of halogens is 2. The molecule has 0 atom stereocenters. The van der Waals surface area contributed by atoms with E-state index in [0.717, 1.165) is 12.1 Å². The van der Waals surface area contributed by atoms with Gasteiger partial charge in [0.15, 0.2) is 5.76 Å². The Bertz CT molecular complexity index is 648. The van der Waals surface area contributed by atoms with Crippen molar-refractivity contribution in [3.8, 4) is 5.75 Å². The molecule has 0 saturated carbocycles. The Hall–Kier alpha value is -2.70. The summed E-state index contributed by atoms with van der Waals surface area (Å²) in [5, 5.41) is 8.69. The Balaban J connectivity index is 2.25. The molecule has 20 heavy (non-hydrogen) atoms. The second-order valence-electron chi connectivity index (χ2n) is 3.70. The molecule has 104 valence electrons. The minimum atomic E-state index is -3.00. The van der Waals surface area contributed by atoms with E-state index in [4.69, 9.17) is 9.52 Å². The molecule has 0 bridgehead atoms. The highest BCUT2D eigenvalue weighted by Gasteiger charge is 2.17. The van der Waals surface area contributed by atoms with Crippen LogP contribution in [0.4, 0.5) is 8.78 Å². The molecule has 0 aliphatic rings. The summed E-state index contributed by atoms with van der Waals surface area (Å²) in [6, 6.07) is 7.47. The van der Waals surface area contributed by atoms with Gasteiger partial charge in [0.25, 0.3) is 0 Å². The number of aromatic carboxylic acids is 1. The second-order valence-corrected chi connectivity index (χ2v) is 3.70. The fourth-order valence-electron chi connectivity index (χ4n) is 1.53. The number of hydrogen-bond donors (Lipinski definition) is 1. The Kier molecular flexibility index (Phi) is 3.79. The van der Waals surface area contributed by atoms with Gasteiger partial charge in [-0.2, -0.15) is 8.78 Å². The number of ketones is 1. The molecule has 7 heteroatoms. The van der Waals surface area contributed by atoms with Gasteiger partial charge in [0.1, 0.15) is 5.75 Å². The average Bonchev–Trinajstić information content (AvgIpc) is 2.87. The fraction of sp³-hybridized carbons (Fsp3) is 0.0769. The molecule has 0 aliphatic carbocycles. The van der Waals surface area contributed by atoms with Crippen LogP contribution >= 0.6 is 0 Å². The smallest absolute Gasteiger partial charge is 0.387 e. The predicted molar refractivity (Wildman–Crippen MR) is 62.2 cm³/mol. The van der Waals surface area contributed by atoms with Crippen molar-refractivity contribution in [2.75, 3.05) is 0 Å². The van der Waals surface area contributed by atoms with Gasteiger partial charge < -0.3 is 14.3 Å². The van der Waals surface area contributed by atoms with Crippen molar-refractivity contribution in [2.24, 2.45) is 0 Å². The fourth-order valence-corrected chi connectivity index (χ4v) is 1.53. The minimum absolute atomic E-state index is 0.0504. The molecular weight excluding hydrogens is 274 g/mol. The van der Waals surface area contributed by atoms with E-state index in [9.17, 15) is 18.4 Å². The second kappa shape index (κ2) is 5.52. The van der Waals surface area contributed by atoms with Crippen molar-refractivity contribution >= 4 is 11.8 Å². The molecule has 0 radical (unpaired) electrons. The number of carboxylic acids is 1. The van der Waals surface area contributed by atoms with Crippen molar-refractivity contribution in [3.05, 3.63) is 53.5 Å². The lowest BCUT2D eigenvalue weighted by atomic mass is 10.1. The lowest BCUT2D eigenvalue weighted by Gasteiger charge is -2.05. The number of carboxylic acid groups (broad SMARTS) is 1. The molecule has 1 heterocycles. The highest BCUT2D eigenvalue weighted by molar-refractivity contribution is 6.07. The summed E-state index contributed by atoms with van der Waals surface area (Å²) < 4.78 is 33.2. The summed E-state index contributed by atoms with van der Waals surface area (Å²) in [6.07, 6.45) is 0. The maximum absolute atomic E-state index is 12.1. The molecule has 0 fully saturated rings. The SMILES string of the molecule is O=C(O)c1ccc(C(=O)c2cccc(OC(F)F)c2)o1. The number of hydrogen-bond acceptors (Lipinski definition) is 4. The first-order valence-corrected chi connectivity index (χ1v) is 5.40. The quantitative estimate of drug-likeness (QED) is 0.853. The van der Waals surface area contributed by atoms with Gasteiger partial charge in [-0.05, 0) is 24.3 Å². The molecule has 1 aromatic heterocycles. The maximum Gasteiger partial charge on any atom is 0.387 e. The molecule has 5 nitrogen and oxygen atoms in total. The third-order valence-electron chi connectivity index (χ3n) is 2.36. The molecule has 0 unspecified atom stereocenters. The zero-order valence-corrected chi connectivity index (χ0v) is 9.88. The highest BCUT2D eigenvalue weighted by Crippen LogP contribution is 2.19.